The first-order valence-electron chi connectivity index (χ1n) is 23.1. The van der Waals surface area contributed by atoms with Crippen LogP contribution < -0.4 is 0 Å². The second-order valence-corrected chi connectivity index (χ2v) is 11.6. The molecule has 0 saturated heterocycles. The van der Waals surface area contributed by atoms with Gasteiger partial charge in [-0.15, -0.1) is 0 Å². The molecule has 10 aromatic rings. The van der Waals surface area contributed by atoms with Crippen molar-refractivity contribution in [3.8, 4) is 44.5 Å². The van der Waals surface area contributed by atoms with Gasteiger partial charge in [0.2, 0.25) is 0 Å². The lowest BCUT2D eigenvalue weighted by Crippen LogP contribution is -1.93. The summed E-state index contributed by atoms with van der Waals surface area (Å²) in [6, 6.07) is 19.7. The van der Waals surface area contributed by atoms with Crippen LogP contribution in [0, 0.1) is 0 Å². The lowest BCUT2D eigenvalue weighted by Gasteiger charge is -2.20. The molecule has 228 valence electrons. The molecule has 1 heteroatoms. The van der Waals surface area contributed by atoms with Crippen molar-refractivity contribution in [2.45, 2.75) is 0 Å². The standard InChI is InChI=1S/C48H30O/c1-3-16-31(17-4-1)33-20-7-9-22-35(33)45-36-23-10-12-25-38(36)46(39-26-13-11-24-37(39)45)41-28-15-29-44-47(41)43-30-42(32-18-5-2-6-19-32)34-21-8-14-27-40(34)48(43)49-44/h1-30H/i1D,2D,3D,4D,5D,6D,8D,14D,16D,17D,18D,19D,21D,27D,30D. The van der Waals surface area contributed by atoms with E-state index >= 15 is 0 Å². The molecule has 0 spiro atoms. The van der Waals surface area contributed by atoms with Crippen LogP contribution in [-0.2, 0) is 0 Å². The van der Waals surface area contributed by atoms with Crippen LogP contribution in [0.2, 0.25) is 0 Å². The van der Waals surface area contributed by atoms with Crippen molar-refractivity contribution >= 4 is 54.3 Å². The molecule has 0 aliphatic carbocycles. The topological polar surface area (TPSA) is 13.1 Å². The highest BCUT2D eigenvalue weighted by Gasteiger charge is 2.22. The molecule has 0 aliphatic heterocycles. The summed E-state index contributed by atoms with van der Waals surface area (Å²) in [5, 5.41) is 3.10. The van der Waals surface area contributed by atoms with E-state index in [1.807, 2.05) is 66.7 Å². The zero-order chi connectivity index (χ0) is 45.4. The Morgan fingerprint density at radius 1 is 0.367 bits per heavy atom. The largest absolute Gasteiger partial charge is 0.455 e. The molecule has 0 atom stereocenters. The van der Waals surface area contributed by atoms with Gasteiger partial charge >= 0.3 is 0 Å². The Morgan fingerprint density at radius 2 is 0.857 bits per heavy atom. The van der Waals surface area contributed by atoms with E-state index < -0.39 is 78.1 Å². The van der Waals surface area contributed by atoms with E-state index in [2.05, 4.69) is 0 Å². The van der Waals surface area contributed by atoms with Crippen LogP contribution in [-0.4, -0.2) is 0 Å². The van der Waals surface area contributed by atoms with Crippen molar-refractivity contribution < 1.29 is 25.0 Å². The van der Waals surface area contributed by atoms with E-state index in [1.165, 1.54) is 0 Å². The van der Waals surface area contributed by atoms with Crippen LogP contribution in [0.1, 0.15) is 20.6 Å². The average Bonchev–Trinajstić information content (AvgIpc) is 3.70. The molecular formula is C48H30O. The molecule has 0 saturated carbocycles. The van der Waals surface area contributed by atoms with E-state index in [4.69, 9.17) is 23.6 Å². The first-order valence-corrected chi connectivity index (χ1v) is 15.6. The molecule has 0 radical (unpaired) electrons. The summed E-state index contributed by atoms with van der Waals surface area (Å²) in [7, 11) is 0. The van der Waals surface area contributed by atoms with Crippen LogP contribution in [0.15, 0.2) is 186 Å². The Balaban J connectivity index is 1.38. The van der Waals surface area contributed by atoms with Crippen molar-refractivity contribution in [2.24, 2.45) is 0 Å². The monoisotopic (exact) mass is 637 g/mol. The van der Waals surface area contributed by atoms with E-state index in [1.54, 1.807) is 24.3 Å². The van der Waals surface area contributed by atoms with Gasteiger partial charge in [-0.3, -0.25) is 0 Å². The third kappa shape index (κ3) is 4.26. The van der Waals surface area contributed by atoms with Crippen molar-refractivity contribution in [3.05, 3.63) is 182 Å². The van der Waals surface area contributed by atoms with Gasteiger partial charge in [-0.1, -0.05) is 170 Å². The zero-order valence-electron chi connectivity index (χ0n) is 40.6. The smallest absolute Gasteiger partial charge is 0.143 e. The predicted molar refractivity (Wildman–Crippen MR) is 208 cm³/mol. The first kappa shape index (κ1) is 16.6. The SMILES string of the molecule is [2H]c1c([2H])c([2H])c(-c2ccccc2-c2c3ccccc3c(-c3cccc4oc5c6c([2H])c([2H])c([2H])c([2H])c6c(-c6c([2H])c([2H])c([2H])c([2H])c6[2H])c([2H])c5c34)c3ccccc23)c([2H])c1[2H]. The van der Waals surface area contributed by atoms with Gasteiger partial charge in [-0.05, 0) is 83.5 Å². The Bertz CT molecular complexity index is 3630. The molecule has 10 rings (SSSR count). The third-order valence-electron chi connectivity index (χ3n) is 9.05. The number of fused-ring (bicyclic) bond motifs is 7. The molecule has 49 heavy (non-hydrogen) atoms. The second-order valence-electron chi connectivity index (χ2n) is 11.6. The summed E-state index contributed by atoms with van der Waals surface area (Å²) < 4.78 is 138. The summed E-state index contributed by atoms with van der Waals surface area (Å²) in [6.07, 6.45) is 0. The van der Waals surface area contributed by atoms with Gasteiger partial charge in [0.1, 0.15) is 11.2 Å². The molecule has 0 amide bonds. The molecule has 0 fully saturated rings. The molecular weight excluding hydrogens is 593 g/mol. The van der Waals surface area contributed by atoms with Crippen molar-refractivity contribution in [1.29, 1.82) is 0 Å². The Hall–Kier alpha value is -6.44. The number of hydrogen-bond acceptors (Lipinski definition) is 1. The highest BCUT2D eigenvalue weighted by Crippen LogP contribution is 2.49. The minimum absolute atomic E-state index is 0.0386. The predicted octanol–water partition coefficient (Wildman–Crippen LogP) is 13.7. The highest BCUT2D eigenvalue weighted by molar-refractivity contribution is 6.28. The van der Waals surface area contributed by atoms with E-state index in [9.17, 15) is 1.37 Å². The maximum Gasteiger partial charge on any atom is 0.143 e. The van der Waals surface area contributed by atoms with Crippen molar-refractivity contribution in [1.82, 2.24) is 0 Å². The maximum atomic E-state index is 9.93. The van der Waals surface area contributed by atoms with Crippen LogP contribution in [0.3, 0.4) is 0 Å². The fraction of sp³-hybridized carbons (Fsp3) is 0. The van der Waals surface area contributed by atoms with E-state index in [-0.39, 0.29) is 56.6 Å². The third-order valence-corrected chi connectivity index (χ3v) is 9.05. The van der Waals surface area contributed by atoms with Gasteiger partial charge in [0.15, 0.2) is 0 Å². The van der Waals surface area contributed by atoms with E-state index in [0.717, 1.165) is 27.1 Å². The fourth-order valence-electron chi connectivity index (χ4n) is 7.09. The van der Waals surface area contributed by atoms with Crippen LogP contribution in [0.25, 0.3) is 98.8 Å². The lowest BCUT2D eigenvalue weighted by atomic mass is 9.83. The van der Waals surface area contributed by atoms with Crippen molar-refractivity contribution in [3.63, 3.8) is 0 Å². The van der Waals surface area contributed by atoms with E-state index in [0.29, 0.717) is 27.6 Å². The summed E-state index contributed by atoms with van der Waals surface area (Å²) in [4.78, 5) is 0. The first-order chi connectivity index (χ1) is 30.6. The van der Waals surface area contributed by atoms with Gasteiger partial charge in [-0.25, -0.2) is 0 Å². The van der Waals surface area contributed by atoms with Crippen LogP contribution >= 0.6 is 0 Å². The molecule has 0 bridgehead atoms. The molecule has 0 aliphatic rings. The fourth-order valence-corrected chi connectivity index (χ4v) is 7.09. The number of benzene rings is 9. The molecule has 0 unspecified atom stereocenters. The van der Waals surface area contributed by atoms with Gasteiger partial charge in [0, 0.05) is 16.2 Å². The van der Waals surface area contributed by atoms with Gasteiger partial charge in [0.05, 0.1) is 20.6 Å². The minimum atomic E-state index is -0.673. The normalized spacial score (nSPS) is 16.0. The summed E-state index contributed by atoms with van der Waals surface area (Å²) in [5.74, 6) is 0. The summed E-state index contributed by atoms with van der Waals surface area (Å²) in [6.45, 7) is 0. The molecule has 1 aromatic heterocycles. The molecule has 0 N–H and O–H groups in total. The summed E-state index contributed by atoms with van der Waals surface area (Å²) in [5.41, 5.74) is 2.66. The minimum Gasteiger partial charge on any atom is -0.455 e. The van der Waals surface area contributed by atoms with Gasteiger partial charge in [-0.2, -0.15) is 0 Å². The molecule has 1 nitrogen and oxygen atoms in total. The Kier molecular flexibility index (Phi) is 3.75. The number of hydrogen-bond donors (Lipinski definition) is 0. The Morgan fingerprint density at radius 3 is 1.49 bits per heavy atom. The highest BCUT2D eigenvalue weighted by atomic mass is 16.3. The Labute approximate surface area is 305 Å². The lowest BCUT2D eigenvalue weighted by molar-refractivity contribution is 0.673. The molecule has 1 heterocycles. The zero-order valence-corrected chi connectivity index (χ0v) is 25.6. The van der Waals surface area contributed by atoms with Crippen LogP contribution in [0.5, 0.6) is 0 Å². The summed E-state index contributed by atoms with van der Waals surface area (Å²) >= 11 is 0. The van der Waals surface area contributed by atoms with Crippen molar-refractivity contribution in [2.75, 3.05) is 0 Å². The molecule has 9 aromatic carbocycles. The quantitative estimate of drug-likeness (QED) is 0.175. The van der Waals surface area contributed by atoms with Gasteiger partial charge < -0.3 is 4.42 Å². The van der Waals surface area contributed by atoms with Crippen LogP contribution in [0.4, 0.5) is 0 Å². The number of furan rings is 1. The van der Waals surface area contributed by atoms with Gasteiger partial charge in [0.25, 0.3) is 0 Å². The second kappa shape index (κ2) is 11.1. The number of rotatable bonds is 4. The maximum absolute atomic E-state index is 9.93. The average molecular weight is 638 g/mol.